The second-order valence-corrected chi connectivity index (χ2v) is 15.2. The molecule has 280 valence electrons. The first kappa shape index (κ1) is 41.9. The molecular weight excluding hydrogens is 756 g/mol. The molecule has 2 aromatic heterocycles. The first-order valence-corrected chi connectivity index (χ1v) is 17.8. The van der Waals surface area contributed by atoms with Gasteiger partial charge in [-0.2, -0.15) is 26.3 Å². The van der Waals surface area contributed by atoms with E-state index in [-0.39, 0.29) is 27.3 Å². The van der Waals surface area contributed by atoms with Crippen molar-refractivity contribution < 1.29 is 53.2 Å². The molecule has 0 aliphatic carbocycles. The minimum atomic E-state index is -4.46. The minimum absolute atomic E-state index is 0.0164. The van der Waals surface area contributed by atoms with Crippen molar-refractivity contribution in [2.24, 2.45) is 10.3 Å². The van der Waals surface area contributed by atoms with Crippen LogP contribution in [0.2, 0.25) is 0 Å². The molecule has 5 rings (SSSR count). The number of rotatable bonds is 4. The van der Waals surface area contributed by atoms with Crippen LogP contribution in [-0.4, -0.2) is 52.0 Å². The standard InChI is InChI=1S/C13H14F4N2OS.C11H12FNO3S.C8H7ClF3N/c1-7-8(4-5-9(18-7)13(15,16)17)6-21-11-10(14)12(2,3)20-19-11;1-11(2)9(12)10(13-16-11)17(14,15)8-6-4-3-5-7-8;1-5-6(4-9)2-3-7(13-5)8(10,11)12/h4-5,10H,6H2,1-3H3;3-7,9H,1-2H3;2-3H,4H2,1H3. The fourth-order valence-corrected chi connectivity index (χ4v) is 6.91. The highest BCUT2D eigenvalue weighted by molar-refractivity contribution is 8.13. The average molecular weight is 789 g/mol. The first-order chi connectivity index (χ1) is 23.4. The van der Waals surface area contributed by atoms with Crippen molar-refractivity contribution in [3.8, 4) is 0 Å². The van der Waals surface area contributed by atoms with E-state index in [1.807, 2.05) is 0 Å². The molecule has 0 saturated heterocycles. The highest BCUT2D eigenvalue weighted by Gasteiger charge is 2.48. The van der Waals surface area contributed by atoms with E-state index in [1.165, 1.54) is 52.0 Å². The zero-order chi connectivity index (χ0) is 38.6. The van der Waals surface area contributed by atoms with E-state index < -0.39 is 62.2 Å². The van der Waals surface area contributed by atoms with E-state index in [1.54, 1.807) is 32.0 Å². The SMILES string of the molecule is CC1(C)ON=C(S(=O)(=O)c2ccccc2)C1F.Cc1nc(C(F)(F)F)ccc1CCl.Cc1nc(C(F)(F)F)ccc1CSC1=NOC(C)(C)C1F. The monoisotopic (exact) mass is 788 g/mol. The summed E-state index contributed by atoms with van der Waals surface area (Å²) in [5, 5.41) is 6.68. The lowest BCUT2D eigenvalue weighted by molar-refractivity contribution is -0.142. The highest BCUT2D eigenvalue weighted by atomic mass is 35.5. The summed E-state index contributed by atoms with van der Waals surface area (Å²) in [4.78, 5) is 16.7. The van der Waals surface area contributed by atoms with E-state index in [2.05, 4.69) is 20.3 Å². The lowest BCUT2D eigenvalue weighted by Gasteiger charge is -2.17. The van der Waals surface area contributed by atoms with Crippen molar-refractivity contribution >= 4 is 43.3 Å². The van der Waals surface area contributed by atoms with Crippen LogP contribution in [0.3, 0.4) is 0 Å². The Morgan fingerprint density at radius 3 is 1.61 bits per heavy atom. The summed E-state index contributed by atoms with van der Waals surface area (Å²) in [6, 6.07) is 12.2. The summed E-state index contributed by atoms with van der Waals surface area (Å²) in [6.45, 7) is 9.07. The van der Waals surface area contributed by atoms with Gasteiger partial charge in [-0.15, -0.1) is 11.6 Å². The number of aromatic nitrogens is 2. The third kappa shape index (κ3) is 10.5. The van der Waals surface area contributed by atoms with Gasteiger partial charge < -0.3 is 9.68 Å². The van der Waals surface area contributed by atoms with Gasteiger partial charge in [0.05, 0.1) is 4.90 Å². The lowest BCUT2D eigenvalue weighted by atomic mass is 10.1. The lowest BCUT2D eigenvalue weighted by Crippen LogP contribution is -2.37. The van der Waals surface area contributed by atoms with Gasteiger partial charge in [0.2, 0.25) is 14.9 Å². The topological polar surface area (TPSA) is 103 Å². The number of benzene rings is 1. The van der Waals surface area contributed by atoms with Crippen LogP contribution in [0, 0.1) is 13.8 Å². The number of nitrogens with zero attached hydrogens (tertiary/aromatic N) is 4. The Balaban J connectivity index is 0.000000213. The number of hydrogen-bond donors (Lipinski definition) is 0. The number of sulfone groups is 1. The van der Waals surface area contributed by atoms with E-state index in [0.29, 0.717) is 16.8 Å². The number of hydrogen-bond acceptors (Lipinski definition) is 9. The van der Waals surface area contributed by atoms with Crippen molar-refractivity contribution in [1.29, 1.82) is 0 Å². The van der Waals surface area contributed by atoms with Gasteiger partial charge in [0.25, 0.3) is 0 Å². The van der Waals surface area contributed by atoms with Gasteiger partial charge in [0.1, 0.15) is 11.4 Å². The predicted octanol–water partition coefficient (Wildman–Crippen LogP) is 9.17. The molecule has 2 aliphatic heterocycles. The number of aryl methyl sites for hydroxylation is 2. The maximum absolute atomic E-state index is 13.9. The summed E-state index contributed by atoms with van der Waals surface area (Å²) in [7, 11) is -3.91. The molecule has 8 nitrogen and oxygen atoms in total. The van der Waals surface area contributed by atoms with Gasteiger partial charge in [-0.1, -0.05) is 52.4 Å². The third-order valence-corrected chi connectivity index (χ3v) is 10.3. The average Bonchev–Trinajstić information content (AvgIpc) is 3.48. The number of pyridine rings is 2. The molecule has 19 heteroatoms. The van der Waals surface area contributed by atoms with E-state index in [0.717, 1.165) is 23.9 Å². The van der Waals surface area contributed by atoms with Crippen LogP contribution in [0.1, 0.15) is 61.6 Å². The van der Waals surface area contributed by atoms with E-state index >= 15 is 0 Å². The van der Waals surface area contributed by atoms with Crippen molar-refractivity contribution in [1.82, 2.24) is 9.97 Å². The summed E-state index contributed by atoms with van der Waals surface area (Å²) < 4.78 is 126. The molecule has 3 aromatic rings. The second kappa shape index (κ2) is 16.0. The molecule has 0 bridgehead atoms. The normalized spacial score (nSPS) is 19.4. The van der Waals surface area contributed by atoms with Crippen LogP contribution in [0.5, 0.6) is 0 Å². The molecule has 0 amide bonds. The fraction of sp³-hybridized carbons (Fsp3) is 0.438. The van der Waals surface area contributed by atoms with E-state index in [4.69, 9.17) is 21.3 Å². The van der Waals surface area contributed by atoms with Crippen LogP contribution in [0.4, 0.5) is 35.1 Å². The predicted molar refractivity (Wildman–Crippen MR) is 177 cm³/mol. The van der Waals surface area contributed by atoms with Crippen molar-refractivity contribution in [3.63, 3.8) is 0 Å². The Hall–Kier alpha value is -3.51. The zero-order valence-electron chi connectivity index (χ0n) is 27.9. The van der Waals surface area contributed by atoms with Crippen molar-refractivity contribution in [2.75, 3.05) is 0 Å². The van der Waals surface area contributed by atoms with E-state index in [9.17, 15) is 43.5 Å². The van der Waals surface area contributed by atoms with Gasteiger partial charge in [0, 0.05) is 23.0 Å². The van der Waals surface area contributed by atoms with Crippen LogP contribution < -0.4 is 0 Å². The first-order valence-electron chi connectivity index (χ1n) is 14.8. The summed E-state index contributed by atoms with van der Waals surface area (Å²) >= 11 is 6.58. The molecule has 2 aliphatic rings. The number of alkyl halides is 9. The summed E-state index contributed by atoms with van der Waals surface area (Å²) in [6.07, 6.45) is -11.9. The maximum Gasteiger partial charge on any atom is 0.433 e. The maximum atomic E-state index is 13.9. The number of oxime groups is 2. The van der Waals surface area contributed by atoms with Gasteiger partial charge in [-0.05, 0) is 76.9 Å². The second-order valence-electron chi connectivity index (χ2n) is 12.1. The smallest absolute Gasteiger partial charge is 0.385 e. The van der Waals surface area contributed by atoms with Crippen LogP contribution in [0.25, 0.3) is 0 Å². The Morgan fingerprint density at radius 2 is 1.22 bits per heavy atom. The largest absolute Gasteiger partial charge is 0.433 e. The Morgan fingerprint density at radius 1 is 0.745 bits per heavy atom. The van der Waals surface area contributed by atoms with Crippen LogP contribution in [-0.2, 0) is 43.5 Å². The molecule has 0 N–H and O–H groups in total. The Bertz CT molecular complexity index is 1860. The molecule has 4 heterocycles. The number of halogens is 9. The summed E-state index contributed by atoms with van der Waals surface area (Å²) in [5.74, 6) is 0.465. The minimum Gasteiger partial charge on any atom is -0.385 e. The Kier molecular flexibility index (Phi) is 13.2. The molecule has 51 heavy (non-hydrogen) atoms. The van der Waals surface area contributed by atoms with Crippen molar-refractivity contribution in [2.45, 2.75) is 94.0 Å². The zero-order valence-corrected chi connectivity index (χ0v) is 30.3. The van der Waals surface area contributed by atoms with Gasteiger partial charge >= 0.3 is 12.4 Å². The van der Waals surface area contributed by atoms with Gasteiger partial charge in [-0.3, -0.25) is 0 Å². The molecule has 0 spiro atoms. The summed E-state index contributed by atoms with van der Waals surface area (Å²) in [5.41, 5.74) is -2.23. The van der Waals surface area contributed by atoms with Gasteiger partial charge in [0.15, 0.2) is 28.6 Å². The van der Waals surface area contributed by atoms with Crippen molar-refractivity contribution in [3.05, 3.63) is 88.5 Å². The quantitative estimate of drug-likeness (QED) is 0.192. The molecule has 0 fully saturated rings. The molecule has 1 aromatic carbocycles. The third-order valence-electron chi connectivity index (χ3n) is 7.22. The molecule has 2 unspecified atom stereocenters. The molecule has 0 saturated carbocycles. The number of thioether (sulfide) groups is 1. The Labute approximate surface area is 298 Å². The van der Waals surface area contributed by atoms with Gasteiger partial charge in [-0.25, -0.2) is 27.2 Å². The fourth-order valence-electron chi connectivity index (χ4n) is 4.05. The highest BCUT2D eigenvalue weighted by Crippen LogP contribution is 2.34. The molecule has 2 atom stereocenters. The van der Waals surface area contributed by atoms with Crippen LogP contribution in [0.15, 0.2) is 69.8 Å². The van der Waals surface area contributed by atoms with Crippen LogP contribution >= 0.6 is 23.4 Å². The molecule has 0 radical (unpaired) electrons. The molecular formula is C32H33ClF8N4O4S2.